The summed E-state index contributed by atoms with van der Waals surface area (Å²) >= 11 is 0. The molecule has 0 saturated carbocycles. The minimum absolute atomic E-state index is 0. The van der Waals surface area contributed by atoms with E-state index in [1.165, 1.54) is 0 Å². The second kappa shape index (κ2) is 7.59. The number of fused-ring (bicyclic) bond motifs is 1. The van der Waals surface area contributed by atoms with E-state index in [4.69, 9.17) is 15.2 Å². The molecular weight excluding hydrogens is 330 g/mol. The highest BCUT2D eigenvalue weighted by atomic mass is 35.5. The van der Waals surface area contributed by atoms with Crippen molar-refractivity contribution in [3.63, 3.8) is 0 Å². The van der Waals surface area contributed by atoms with Gasteiger partial charge >= 0.3 is 0 Å². The molecule has 0 aliphatic carbocycles. The van der Waals surface area contributed by atoms with Gasteiger partial charge in [0, 0.05) is 30.9 Å². The van der Waals surface area contributed by atoms with Gasteiger partial charge in [0.2, 0.25) is 5.91 Å². The first kappa shape index (κ1) is 18.8. The second-order valence-corrected chi connectivity index (χ2v) is 7.00. The molecule has 6 nitrogen and oxygen atoms in total. The van der Waals surface area contributed by atoms with Crippen LogP contribution >= 0.6 is 12.4 Å². The number of nitrogens with zero attached hydrogens (tertiary/aromatic N) is 1. The van der Waals surface area contributed by atoms with Crippen molar-refractivity contribution in [3.05, 3.63) is 18.2 Å². The van der Waals surface area contributed by atoms with Crippen LogP contribution in [0.3, 0.4) is 0 Å². The van der Waals surface area contributed by atoms with Crippen LogP contribution in [0, 0.1) is 5.41 Å². The monoisotopic (exact) mass is 355 g/mol. The van der Waals surface area contributed by atoms with Gasteiger partial charge in [0.25, 0.3) is 0 Å². The van der Waals surface area contributed by atoms with Gasteiger partial charge in [-0.05, 0) is 24.0 Å². The molecule has 0 bridgehead atoms. The molecule has 24 heavy (non-hydrogen) atoms. The van der Waals surface area contributed by atoms with Crippen LogP contribution in [0.5, 0.6) is 11.5 Å². The highest BCUT2D eigenvalue weighted by Crippen LogP contribution is 2.32. The number of benzene rings is 1. The third-order valence-corrected chi connectivity index (χ3v) is 4.58. The Kier molecular flexibility index (Phi) is 5.96. The average molecular weight is 356 g/mol. The first-order valence-corrected chi connectivity index (χ1v) is 8.11. The van der Waals surface area contributed by atoms with Crippen molar-refractivity contribution < 1.29 is 14.3 Å². The van der Waals surface area contributed by atoms with Gasteiger partial charge in [0.15, 0.2) is 11.5 Å². The zero-order valence-corrected chi connectivity index (χ0v) is 15.0. The quantitative estimate of drug-likeness (QED) is 0.865. The maximum absolute atomic E-state index is 12.3. The van der Waals surface area contributed by atoms with Crippen molar-refractivity contribution in [2.75, 3.05) is 38.2 Å². The standard InChI is InChI=1S/C17H25N3O3.ClH/c1-17(2)11-20(6-5-15(17)18)10-16(21)19-12-3-4-13-14(9-12)23-8-7-22-13;/h3-4,9,15H,5-8,10-11,18H2,1-2H3,(H,19,21);1H. The van der Waals surface area contributed by atoms with E-state index in [1.807, 2.05) is 18.2 Å². The highest BCUT2D eigenvalue weighted by Gasteiger charge is 2.33. The Labute approximate surface area is 149 Å². The van der Waals surface area contributed by atoms with Crippen molar-refractivity contribution in [3.8, 4) is 11.5 Å². The number of hydrogen-bond donors (Lipinski definition) is 2. The molecule has 7 heteroatoms. The molecule has 1 atom stereocenters. The lowest BCUT2D eigenvalue weighted by Crippen LogP contribution is -2.53. The minimum Gasteiger partial charge on any atom is -0.486 e. The number of nitrogens with two attached hydrogens (primary N) is 1. The fourth-order valence-electron chi connectivity index (χ4n) is 3.14. The third-order valence-electron chi connectivity index (χ3n) is 4.58. The number of carbonyl (C=O) groups is 1. The van der Waals surface area contributed by atoms with Crippen LogP contribution in [0.2, 0.25) is 0 Å². The topological polar surface area (TPSA) is 76.8 Å². The fourth-order valence-corrected chi connectivity index (χ4v) is 3.14. The Morgan fingerprint density at radius 2 is 2.04 bits per heavy atom. The summed E-state index contributed by atoms with van der Waals surface area (Å²) in [6.45, 7) is 7.48. The summed E-state index contributed by atoms with van der Waals surface area (Å²) in [4.78, 5) is 14.4. The number of piperidine rings is 1. The molecule has 1 aromatic rings. The number of halogens is 1. The molecule has 1 unspecified atom stereocenters. The molecule has 3 rings (SSSR count). The van der Waals surface area contributed by atoms with Gasteiger partial charge < -0.3 is 20.5 Å². The van der Waals surface area contributed by atoms with Gasteiger partial charge in [0.05, 0.1) is 6.54 Å². The molecule has 1 amide bonds. The number of ether oxygens (including phenoxy) is 2. The van der Waals surface area contributed by atoms with Crippen LogP contribution in [-0.2, 0) is 4.79 Å². The number of anilines is 1. The largest absolute Gasteiger partial charge is 0.486 e. The predicted octanol–water partition coefficient (Wildman–Crippen LogP) is 1.88. The van der Waals surface area contributed by atoms with E-state index in [1.54, 1.807) is 0 Å². The van der Waals surface area contributed by atoms with Crippen LogP contribution in [-0.4, -0.2) is 49.7 Å². The Morgan fingerprint density at radius 3 is 2.75 bits per heavy atom. The molecule has 1 aromatic carbocycles. The summed E-state index contributed by atoms with van der Waals surface area (Å²) in [7, 11) is 0. The SMILES string of the molecule is CC1(C)CN(CC(=O)Nc2ccc3c(c2)OCCO3)CCC1N.Cl. The smallest absolute Gasteiger partial charge is 0.238 e. The van der Waals surface area contributed by atoms with E-state index in [2.05, 4.69) is 24.1 Å². The summed E-state index contributed by atoms with van der Waals surface area (Å²) in [5.74, 6) is 1.38. The van der Waals surface area contributed by atoms with Crippen LogP contribution < -0.4 is 20.5 Å². The van der Waals surface area contributed by atoms with E-state index in [0.717, 1.165) is 30.9 Å². The highest BCUT2D eigenvalue weighted by molar-refractivity contribution is 5.92. The normalized spacial score (nSPS) is 22.4. The second-order valence-electron chi connectivity index (χ2n) is 7.00. The van der Waals surface area contributed by atoms with Crippen LogP contribution in [0.25, 0.3) is 0 Å². The molecular formula is C17H26ClN3O3. The summed E-state index contributed by atoms with van der Waals surface area (Å²) in [5, 5.41) is 2.93. The maximum Gasteiger partial charge on any atom is 0.238 e. The molecule has 2 aliphatic rings. The lowest BCUT2D eigenvalue weighted by atomic mass is 9.80. The van der Waals surface area contributed by atoms with Crippen molar-refractivity contribution in [1.82, 2.24) is 4.90 Å². The number of hydrogen-bond acceptors (Lipinski definition) is 5. The molecule has 0 radical (unpaired) electrons. The molecule has 3 N–H and O–H groups in total. The Balaban J connectivity index is 0.00000208. The Bertz CT molecular complexity index is 594. The van der Waals surface area contributed by atoms with E-state index >= 15 is 0 Å². The average Bonchev–Trinajstić information content (AvgIpc) is 2.50. The van der Waals surface area contributed by atoms with Crippen LogP contribution in [0.15, 0.2) is 18.2 Å². The van der Waals surface area contributed by atoms with Crippen LogP contribution in [0.4, 0.5) is 5.69 Å². The molecule has 2 aliphatic heterocycles. The van der Waals surface area contributed by atoms with Gasteiger partial charge in [-0.1, -0.05) is 13.8 Å². The molecule has 134 valence electrons. The lowest BCUT2D eigenvalue weighted by molar-refractivity contribution is -0.118. The van der Waals surface area contributed by atoms with Gasteiger partial charge in [-0.3, -0.25) is 9.69 Å². The number of likely N-dealkylation sites (tertiary alicyclic amines) is 1. The summed E-state index contributed by atoms with van der Waals surface area (Å²) in [6, 6.07) is 5.66. The minimum atomic E-state index is -0.0204. The summed E-state index contributed by atoms with van der Waals surface area (Å²) < 4.78 is 11.0. The first-order chi connectivity index (χ1) is 10.9. The van der Waals surface area contributed by atoms with Gasteiger partial charge in [0.1, 0.15) is 13.2 Å². The zero-order valence-electron chi connectivity index (χ0n) is 14.2. The van der Waals surface area contributed by atoms with Crippen molar-refractivity contribution in [1.29, 1.82) is 0 Å². The van der Waals surface area contributed by atoms with Crippen molar-refractivity contribution in [2.45, 2.75) is 26.3 Å². The first-order valence-electron chi connectivity index (χ1n) is 8.11. The van der Waals surface area contributed by atoms with E-state index < -0.39 is 0 Å². The third kappa shape index (κ3) is 4.32. The number of rotatable bonds is 3. The maximum atomic E-state index is 12.3. The molecule has 2 heterocycles. The lowest BCUT2D eigenvalue weighted by Gasteiger charge is -2.42. The fraction of sp³-hybridized carbons (Fsp3) is 0.588. The van der Waals surface area contributed by atoms with E-state index in [9.17, 15) is 4.79 Å². The number of nitrogens with one attached hydrogen (secondary N) is 1. The zero-order chi connectivity index (χ0) is 16.4. The molecule has 1 fully saturated rings. The van der Waals surface area contributed by atoms with Gasteiger partial charge in [-0.25, -0.2) is 0 Å². The Hall–Kier alpha value is -1.50. The van der Waals surface area contributed by atoms with E-state index in [-0.39, 0.29) is 29.8 Å². The molecule has 0 aromatic heterocycles. The molecule has 1 saturated heterocycles. The van der Waals surface area contributed by atoms with Gasteiger partial charge in [-0.2, -0.15) is 0 Å². The number of carbonyl (C=O) groups excluding carboxylic acids is 1. The predicted molar refractivity (Wildman–Crippen MR) is 96.1 cm³/mol. The van der Waals surface area contributed by atoms with Gasteiger partial charge in [-0.15, -0.1) is 12.4 Å². The van der Waals surface area contributed by atoms with E-state index in [0.29, 0.717) is 25.5 Å². The summed E-state index contributed by atoms with van der Waals surface area (Å²) in [6.07, 6.45) is 0.921. The Morgan fingerprint density at radius 1 is 1.33 bits per heavy atom. The number of amides is 1. The van der Waals surface area contributed by atoms with Crippen molar-refractivity contribution >= 4 is 24.0 Å². The van der Waals surface area contributed by atoms with Crippen molar-refractivity contribution in [2.24, 2.45) is 11.1 Å². The molecule has 0 spiro atoms. The summed E-state index contributed by atoms with van der Waals surface area (Å²) in [5.41, 5.74) is 6.91. The van der Waals surface area contributed by atoms with Crippen LogP contribution in [0.1, 0.15) is 20.3 Å².